The van der Waals surface area contributed by atoms with Crippen LogP contribution in [0, 0.1) is 0 Å². The van der Waals surface area contributed by atoms with Crippen LogP contribution in [0.25, 0.3) is 22.3 Å². The van der Waals surface area contributed by atoms with Gasteiger partial charge in [-0.25, -0.2) is 19.3 Å². The molecule has 0 fully saturated rings. The van der Waals surface area contributed by atoms with E-state index in [1.54, 1.807) is 6.07 Å². The molecule has 0 radical (unpaired) electrons. The predicted octanol–water partition coefficient (Wildman–Crippen LogP) is 6.11. The topological polar surface area (TPSA) is 66.2 Å². The van der Waals surface area contributed by atoms with E-state index in [2.05, 4.69) is 9.97 Å². The highest BCUT2D eigenvalue weighted by atomic mass is 35.5. The zero-order valence-electron chi connectivity index (χ0n) is 17.5. The number of ether oxygens (including phenoxy) is 2. The number of aromatic nitrogens is 3. The molecule has 0 atom stereocenters. The molecule has 0 amide bonds. The zero-order chi connectivity index (χ0) is 22.0. The Balaban J connectivity index is 1.82. The van der Waals surface area contributed by atoms with E-state index in [-0.39, 0.29) is 5.15 Å². The summed E-state index contributed by atoms with van der Waals surface area (Å²) in [6, 6.07) is 18.9. The Hall–Kier alpha value is -3.38. The van der Waals surface area contributed by atoms with Crippen molar-refractivity contribution in [3.63, 3.8) is 0 Å². The van der Waals surface area contributed by atoms with Gasteiger partial charge in [0, 0.05) is 11.5 Å². The van der Waals surface area contributed by atoms with Crippen molar-refractivity contribution in [1.29, 1.82) is 0 Å². The van der Waals surface area contributed by atoms with Crippen molar-refractivity contribution in [3.8, 4) is 17.1 Å². The molecule has 0 saturated heterocycles. The first kappa shape index (κ1) is 20.9. The molecule has 0 N–H and O–H groups in total. The van der Waals surface area contributed by atoms with Crippen LogP contribution in [0.5, 0.6) is 5.75 Å². The summed E-state index contributed by atoms with van der Waals surface area (Å²) < 4.78 is 13.2. The SMILES string of the molecule is CC(C)(C)OC(=O)n1c(-c2cc(Cl)ncn2)cc2c(OCc3ccccc3)cccc21. The van der Waals surface area contributed by atoms with E-state index in [0.29, 0.717) is 29.3 Å². The van der Waals surface area contributed by atoms with Crippen LogP contribution in [0.1, 0.15) is 26.3 Å². The summed E-state index contributed by atoms with van der Waals surface area (Å²) in [5.74, 6) is 0.657. The van der Waals surface area contributed by atoms with E-state index in [0.717, 1.165) is 10.9 Å². The monoisotopic (exact) mass is 435 g/mol. The third-order valence-electron chi connectivity index (χ3n) is 4.52. The van der Waals surface area contributed by atoms with Gasteiger partial charge in [0.05, 0.1) is 16.9 Å². The Bertz CT molecular complexity index is 1230. The van der Waals surface area contributed by atoms with E-state index < -0.39 is 11.7 Å². The average Bonchev–Trinajstić information content (AvgIpc) is 3.12. The molecule has 2 heterocycles. The second-order valence-electron chi connectivity index (χ2n) is 8.03. The lowest BCUT2D eigenvalue weighted by molar-refractivity contribution is 0.0547. The first-order valence-corrected chi connectivity index (χ1v) is 10.2. The number of carbonyl (C=O) groups excluding carboxylic acids is 1. The lowest BCUT2D eigenvalue weighted by Crippen LogP contribution is -2.27. The van der Waals surface area contributed by atoms with Gasteiger partial charge in [0.25, 0.3) is 0 Å². The minimum absolute atomic E-state index is 0.284. The quantitative estimate of drug-likeness (QED) is 0.361. The van der Waals surface area contributed by atoms with Crippen molar-refractivity contribution in [2.45, 2.75) is 33.0 Å². The predicted molar refractivity (Wildman–Crippen MR) is 120 cm³/mol. The Kier molecular flexibility index (Phi) is 5.65. The third kappa shape index (κ3) is 4.70. The molecule has 158 valence electrons. The summed E-state index contributed by atoms with van der Waals surface area (Å²) in [5.41, 5.74) is 2.11. The van der Waals surface area contributed by atoms with Crippen LogP contribution in [0.15, 0.2) is 67.0 Å². The maximum absolute atomic E-state index is 13.1. The molecular weight excluding hydrogens is 414 g/mol. The fourth-order valence-electron chi connectivity index (χ4n) is 3.23. The van der Waals surface area contributed by atoms with E-state index in [1.807, 2.05) is 75.4 Å². The first-order chi connectivity index (χ1) is 14.8. The summed E-state index contributed by atoms with van der Waals surface area (Å²) >= 11 is 6.08. The van der Waals surface area contributed by atoms with Gasteiger partial charge in [-0.2, -0.15) is 0 Å². The van der Waals surface area contributed by atoms with Crippen molar-refractivity contribution in [2.24, 2.45) is 0 Å². The molecule has 4 rings (SSSR count). The second-order valence-corrected chi connectivity index (χ2v) is 8.42. The van der Waals surface area contributed by atoms with Gasteiger partial charge in [-0.05, 0) is 44.5 Å². The van der Waals surface area contributed by atoms with Crippen LogP contribution in [0.3, 0.4) is 0 Å². The van der Waals surface area contributed by atoms with Gasteiger partial charge < -0.3 is 9.47 Å². The molecule has 31 heavy (non-hydrogen) atoms. The van der Waals surface area contributed by atoms with Gasteiger partial charge in [0.15, 0.2) is 0 Å². The molecule has 4 aromatic rings. The molecule has 0 aliphatic heterocycles. The summed E-state index contributed by atoms with van der Waals surface area (Å²) in [6.07, 6.45) is 0.856. The third-order valence-corrected chi connectivity index (χ3v) is 4.72. The standard InChI is InChI=1S/C24H22ClN3O3/c1-24(2,3)31-23(29)28-19-10-7-11-21(30-14-16-8-5-4-6-9-16)17(19)12-20(28)18-13-22(25)27-15-26-18/h4-13,15H,14H2,1-3H3. The number of nitrogens with zero attached hydrogens (tertiary/aromatic N) is 3. The van der Waals surface area contributed by atoms with Gasteiger partial charge in [0.1, 0.15) is 29.4 Å². The van der Waals surface area contributed by atoms with Crippen LogP contribution in [0.4, 0.5) is 4.79 Å². The van der Waals surface area contributed by atoms with Gasteiger partial charge >= 0.3 is 6.09 Å². The molecule has 0 spiro atoms. The zero-order valence-corrected chi connectivity index (χ0v) is 18.3. The number of halogens is 1. The smallest absolute Gasteiger partial charge is 0.419 e. The molecule has 0 aliphatic rings. The first-order valence-electron chi connectivity index (χ1n) is 9.84. The Morgan fingerprint density at radius 3 is 2.52 bits per heavy atom. The highest BCUT2D eigenvalue weighted by molar-refractivity contribution is 6.29. The van der Waals surface area contributed by atoms with Crippen molar-refractivity contribution < 1.29 is 14.3 Å². The Morgan fingerprint density at radius 1 is 1.03 bits per heavy atom. The second kappa shape index (κ2) is 8.40. The van der Waals surface area contributed by atoms with Gasteiger partial charge in [-0.1, -0.05) is 48.0 Å². The Morgan fingerprint density at radius 2 is 1.81 bits per heavy atom. The number of fused-ring (bicyclic) bond motifs is 1. The minimum Gasteiger partial charge on any atom is -0.488 e. The van der Waals surface area contributed by atoms with E-state index in [1.165, 1.54) is 10.9 Å². The maximum Gasteiger partial charge on any atom is 0.419 e. The fourth-order valence-corrected chi connectivity index (χ4v) is 3.38. The lowest BCUT2D eigenvalue weighted by Gasteiger charge is -2.21. The number of benzene rings is 2. The maximum atomic E-state index is 13.1. The number of hydrogen-bond donors (Lipinski definition) is 0. The summed E-state index contributed by atoms with van der Waals surface area (Å²) in [4.78, 5) is 21.4. The number of carbonyl (C=O) groups is 1. The number of hydrogen-bond acceptors (Lipinski definition) is 5. The van der Waals surface area contributed by atoms with E-state index in [4.69, 9.17) is 21.1 Å². The molecule has 6 nitrogen and oxygen atoms in total. The normalized spacial score (nSPS) is 11.5. The van der Waals surface area contributed by atoms with E-state index in [9.17, 15) is 4.79 Å². The molecule has 2 aromatic carbocycles. The van der Waals surface area contributed by atoms with Gasteiger partial charge in [-0.15, -0.1) is 0 Å². The molecule has 7 heteroatoms. The van der Waals surface area contributed by atoms with E-state index >= 15 is 0 Å². The summed E-state index contributed by atoms with van der Waals surface area (Å²) in [6.45, 7) is 5.89. The van der Waals surface area contributed by atoms with Crippen molar-refractivity contribution in [2.75, 3.05) is 0 Å². The van der Waals surface area contributed by atoms with Crippen LogP contribution in [-0.4, -0.2) is 26.2 Å². The highest BCUT2D eigenvalue weighted by Gasteiger charge is 2.24. The molecule has 2 aromatic heterocycles. The van der Waals surface area contributed by atoms with Crippen LogP contribution < -0.4 is 4.74 Å². The number of rotatable bonds is 4. The van der Waals surface area contributed by atoms with Crippen molar-refractivity contribution >= 4 is 28.6 Å². The van der Waals surface area contributed by atoms with Gasteiger partial charge in [0.2, 0.25) is 0 Å². The highest BCUT2D eigenvalue weighted by Crippen LogP contribution is 2.34. The van der Waals surface area contributed by atoms with Gasteiger partial charge in [-0.3, -0.25) is 0 Å². The van der Waals surface area contributed by atoms with Crippen molar-refractivity contribution in [3.05, 3.63) is 77.7 Å². The lowest BCUT2D eigenvalue weighted by atomic mass is 10.2. The Labute approximate surface area is 185 Å². The molecular formula is C24H22ClN3O3. The minimum atomic E-state index is -0.657. The molecule has 0 aliphatic carbocycles. The largest absolute Gasteiger partial charge is 0.488 e. The van der Waals surface area contributed by atoms with Crippen LogP contribution in [-0.2, 0) is 11.3 Å². The molecule has 0 saturated carbocycles. The molecule has 0 unspecified atom stereocenters. The average molecular weight is 436 g/mol. The van der Waals surface area contributed by atoms with Crippen molar-refractivity contribution in [1.82, 2.24) is 14.5 Å². The summed E-state index contributed by atoms with van der Waals surface area (Å²) in [7, 11) is 0. The summed E-state index contributed by atoms with van der Waals surface area (Å²) in [5, 5.41) is 1.06. The van der Waals surface area contributed by atoms with Crippen LogP contribution >= 0.6 is 11.6 Å². The van der Waals surface area contributed by atoms with Crippen LogP contribution in [0.2, 0.25) is 5.15 Å². The molecule has 0 bridgehead atoms. The fraction of sp³-hybridized carbons (Fsp3) is 0.208.